The van der Waals surface area contributed by atoms with Crippen molar-refractivity contribution in [1.29, 1.82) is 0 Å². The molecule has 1 rings (SSSR count). The lowest BCUT2D eigenvalue weighted by atomic mass is 10.1. The van der Waals surface area contributed by atoms with Gasteiger partial charge in [-0.1, -0.05) is 0 Å². The zero-order valence-electron chi connectivity index (χ0n) is 9.24. The fourth-order valence-corrected chi connectivity index (χ4v) is 1.64. The summed E-state index contributed by atoms with van der Waals surface area (Å²) in [5.41, 5.74) is 2.57. The minimum atomic E-state index is -0.338. The Bertz CT molecular complexity index is 351. The van der Waals surface area contributed by atoms with Crippen LogP contribution >= 0.6 is 0 Å². The minimum Gasteiger partial charge on any atom is -0.377 e. The SMILES string of the molecule is CCOCc1cc(C)c([N+](=O)[O-])c(C)c1. The van der Waals surface area contributed by atoms with E-state index in [4.69, 9.17) is 4.74 Å². The van der Waals surface area contributed by atoms with Gasteiger partial charge in [0.2, 0.25) is 0 Å². The Kier molecular flexibility index (Phi) is 3.80. The van der Waals surface area contributed by atoms with Crippen molar-refractivity contribution in [3.8, 4) is 0 Å². The van der Waals surface area contributed by atoms with Gasteiger partial charge < -0.3 is 4.74 Å². The molecule has 0 aromatic heterocycles. The van der Waals surface area contributed by atoms with Crippen LogP contribution in [0.2, 0.25) is 0 Å². The third kappa shape index (κ3) is 2.76. The number of nitro groups is 1. The Morgan fingerprint density at radius 1 is 1.33 bits per heavy atom. The van der Waals surface area contributed by atoms with Crippen molar-refractivity contribution < 1.29 is 9.66 Å². The molecule has 0 aliphatic carbocycles. The van der Waals surface area contributed by atoms with Crippen molar-refractivity contribution in [3.05, 3.63) is 38.9 Å². The van der Waals surface area contributed by atoms with Crippen LogP contribution in [-0.4, -0.2) is 11.5 Å². The van der Waals surface area contributed by atoms with Crippen molar-refractivity contribution in [2.24, 2.45) is 0 Å². The van der Waals surface area contributed by atoms with Crippen molar-refractivity contribution in [1.82, 2.24) is 0 Å². The van der Waals surface area contributed by atoms with E-state index in [-0.39, 0.29) is 10.6 Å². The molecule has 0 spiro atoms. The first-order chi connectivity index (χ1) is 7.06. The molecule has 0 atom stereocenters. The number of ether oxygens (including phenoxy) is 1. The molecule has 4 nitrogen and oxygen atoms in total. The van der Waals surface area contributed by atoms with Gasteiger partial charge in [0.05, 0.1) is 11.5 Å². The van der Waals surface area contributed by atoms with E-state index in [9.17, 15) is 10.1 Å². The first kappa shape index (κ1) is 11.7. The Balaban J connectivity index is 3.03. The highest BCUT2D eigenvalue weighted by Crippen LogP contribution is 2.24. The highest BCUT2D eigenvalue weighted by Gasteiger charge is 2.15. The molecule has 0 aliphatic heterocycles. The summed E-state index contributed by atoms with van der Waals surface area (Å²) in [5, 5.41) is 10.7. The number of aryl methyl sites for hydroxylation is 2. The van der Waals surface area contributed by atoms with Crippen molar-refractivity contribution in [2.75, 3.05) is 6.61 Å². The summed E-state index contributed by atoms with van der Waals surface area (Å²) in [7, 11) is 0. The van der Waals surface area contributed by atoms with Gasteiger partial charge >= 0.3 is 0 Å². The van der Waals surface area contributed by atoms with Gasteiger partial charge in [0.25, 0.3) is 5.69 Å². The van der Waals surface area contributed by atoms with E-state index in [0.29, 0.717) is 24.3 Å². The second kappa shape index (κ2) is 4.89. The van der Waals surface area contributed by atoms with E-state index in [1.807, 2.05) is 6.92 Å². The first-order valence-electron chi connectivity index (χ1n) is 4.88. The summed E-state index contributed by atoms with van der Waals surface area (Å²) in [6.45, 7) is 6.58. The molecule has 82 valence electrons. The summed E-state index contributed by atoms with van der Waals surface area (Å²) in [6, 6.07) is 3.61. The maximum absolute atomic E-state index is 10.7. The van der Waals surface area contributed by atoms with Crippen molar-refractivity contribution >= 4 is 5.69 Å². The van der Waals surface area contributed by atoms with Crippen LogP contribution in [0, 0.1) is 24.0 Å². The molecule has 15 heavy (non-hydrogen) atoms. The average molecular weight is 209 g/mol. The van der Waals surface area contributed by atoms with Crippen LogP contribution < -0.4 is 0 Å². The number of benzene rings is 1. The minimum absolute atomic E-state index is 0.204. The summed E-state index contributed by atoms with van der Waals surface area (Å²) >= 11 is 0. The third-order valence-electron chi connectivity index (χ3n) is 2.21. The Morgan fingerprint density at radius 3 is 2.27 bits per heavy atom. The molecular formula is C11H15NO3. The van der Waals surface area contributed by atoms with Gasteiger partial charge in [0, 0.05) is 17.7 Å². The summed E-state index contributed by atoms with van der Waals surface area (Å²) < 4.78 is 5.26. The topological polar surface area (TPSA) is 52.4 Å². The maximum atomic E-state index is 10.7. The lowest BCUT2D eigenvalue weighted by molar-refractivity contribution is -0.386. The van der Waals surface area contributed by atoms with Crippen molar-refractivity contribution in [2.45, 2.75) is 27.4 Å². The van der Waals surface area contributed by atoms with E-state index < -0.39 is 0 Å². The van der Waals surface area contributed by atoms with Gasteiger partial charge in [-0.15, -0.1) is 0 Å². The predicted octanol–water partition coefficient (Wildman–Crippen LogP) is 2.75. The van der Waals surface area contributed by atoms with Gasteiger partial charge in [-0.05, 0) is 38.5 Å². The van der Waals surface area contributed by atoms with Gasteiger partial charge in [-0.2, -0.15) is 0 Å². The van der Waals surface area contributed by atoms with Gasteiger partial charge in [0.15, 0.2) is 0 Å². The monoisotopic (exact) mass is 209 g/mol. The largest absolute Gasteiger partial charge is 0.377 e. The van der Waals surface area contributed by atoms with E-state index in [1.165, 1.54) is 0 Å². The van der Waals surface area contributed by atoms with Crippen LogP contribution in [0.3, 0.4) is 0 Å². The molecule has 0 saturated heterocycles. The Labute approximate surface area is 89.0 Å². The maximum Gasteiger partial charge on any atom is 0.275 e. The second-order valence-electron chi connectivity index (χ2n) is 3.47. The number of nitro benzene ring substituents is 1. The van der Waals surface area contributed by atoms with Gasteiger partial charge in [0.1, 0.15) is 0 Å². The Hall–Kier alpha value is -1.42. The molecule has 0 saturated carbocycles. The average Bonchev–Trinajstić information content (AvgIpc) is 2.12. The van der Waals surface area contributed by atoms with Gasteiger partial charge in [-0.25, -0.2) is 0 Å². The number of hydrogen-bond acceptors (Lipinski definition) is 3. The van der Waals surface area contributed by atoms with E-state index >= 15 is 0 Å². The molecule has 0 bridgehead atoms. The van der Waals surface area contributed by atoms with Crippen LogP contribution in [0.1, 0.15) is 23.6 Å². The predicted molar refractivity (Wildman–Crippen MR) is 57.9 cm³/mol. The number of nitrogens with zero attached hydrogens (tertiary/aromatic N) is 1. The van der Waals surface area contributed by atoms with Crippen molar-refractivity contribution in [3.63, 3.8) is 0 Å². The van der Waals surface area contributed by atoms with Crippen LogP contribution in [0.5, 0.6) is 0 Å². The molecule has 0 radical (unpaired) electrons. The molecule has 1 aromatic rings. The van der Waals surface area contributed by atoms with E-state index in [2.05, 4.69) is 0 Å². The number of hydrogen-bond donors (Lipinski definition) is 0. The van der Waals surface area contributed by atoms with E-state index in [1.54, 1.807) is 26.0 Å². The quantitative estimate of drug-likeness (QED) is 0.566. The molecule has 0 N–H and O–H groups in total. The second-order valence-corrected chi connectivity index (χ2v) is 3.47. The molecule has 0 unspecified atom stereocenters. The van der Waals surface area contributed by atoms with E-state index in [0.717, 1.165) is 5.56 Å². The summed E-state index contributed by atoms with van der Waals surface area (Å²) in [6.07, 6.45) is 0. The van der Waals surface area contributed by atoms with Gasteiger partial charge in [-0.3, -0.25) is 10.1 Å². The molecule has 1 aromatic carbocycles. The lowest BCUT2D eigenvalue weighted by Crippen LogP contribution is -1.99. The highest BCUT2D eigenvalue weighted by atomic mass is 16.6. The van der Waals surface area contributed by atoms with Crippen LogP contribution in [-0.2, 0) is 11.3 Å². The summed E-state index contributed by atoms with van der Waals surface area (Å²) in [4.78, 5) is 10.4. The molecule has 0 aliphatic rings. The zero-order valence-corrected chi connectivity index (χ0v) is 9.24. The van der Waals surface area contributed by atoms with Crippen LogP contribution in [0.15, 0.2) is 12.1 Å². The molecular weight excluding hydrogens is 194 g/mol. The number of rotatable bonds is 4. The Morgan fingerprint density at radius 2 is 1.87 bits per heavy atom. The smallest absolute Gasteiger partial charge is 0.275 e. The zero-order chi connectivity index (χ0) is 11.4. The fourth-order valence-electron chi connectivity index (χ4n) is 1.64. The van der Waals surface area contributed by atoms with Crippen LogP contribution in [0.4, 0.5) is 5.69 Å². The van der Waals surface area contributed by atoms with Crippen LogP contribution in [0.25, 0.3) is 0 Å². The normalized spacial score (nSPS) is 10.3. The standard InChI is InChI=1S/C11H15NO3/c1-4-15-7-10-5-8(2)11(12(13)14)9(3)6-10/h5-6H,4,7H2,1-3H3. The third-order valence-corrected chi connectivity index (χ3v) is 2.21. The first-order valence-corrected chi connectivity index (χ1v) is 4.88. The summed E-state index contributed by atoms with van der Waals surface area (Å²) in [5.74, 6) is 0. The molecule has 0 amide bonds. The lowest BCUT2D eigenvalue weighted by Gasteiger charge is -2.06. The highest BCUT2D eigenvalue weighted by molar-refractivity contribution is 5.48. The molecule has 0 heterocycles. The fraction of sp³-hybridized carbons (Fsp3) is 0.455. The molecule has 0 fully saturated rings. The molecule has 4 heteroatoms.